The molecule has 18 heavy (non-hydrogen) atoms. The average Bonchev–Trinajstić information content (AvgIpc) is 2.97. The molecule has 0 unspecified atom stereocenters. The number of hydrogen-bond acceptors (Lipinski definition) is 3. The second-order valence-electron chi connectivity index (χ2n) is 4.47. The lowest BCUT2D eigenvalue weighted by Crippen LogP contribution is -2.41. The van der Waals surface area contributed by atoms with Gasteiger partial charge in [0.1, 0.15) is 5.69 Å². The van der Waals surface area contributed by atoms with Crippen LogP contribution >= 0.6 is 15.9 Å². The minimum absolute atomic E-state index is 0.0205. The highest BCUT2D eigenvalue weighted by molar-refractivity contribution is 9.10. The van der Waals surface area contributed by atoms with E-state index in [0.29, 0.717) is 12.2 Å². The van der Waals surface area contributed by atoms with Crippen molar-refractivity contribution >= 4 is 21.8 Å². The van der Waals surface area contributed by atoms with Crippen LogP contribution in [0.4, 0.5) is 0 Å². The Kier molecular flexibility index (Phi) is 4.40. The maximum atomic E-state index is 12.2. The van der Waals surface area contributed by atoms with E-state index in [9.17, 15) is 4.79 Å². The molecule has 1 aromatic heterocycles. The van der Waals surface area contributed by atoms with Gasteiger partial charge in [-0.2, -0.15) is 5.10 Å². The summed E-state index contributed by atoms with van der Waals surface area (Å²) in [6, 6.07) is 0.0205. The second-order valence-corrected chi connectivity index (χ2v) is 5.32. The van der Waals surface area contributed by atoms with E-state index in [-0.39, 0.29) is 18.1 Å². The fraction of sp³-hybridized carbons (Fsp3) is 0.667. The van der Waals surface area contributed by atoms with Crippen molar-refractivity contribution in [2.75, 3.05) is 6.61 Å². The molecule has 1 N–H and O–H groups in total. The Morgan fingerprint density at radius 2 is 2.56 bits per heavy atom. The van der Waals surface area contributed by atoms with Gasteiger partial charge in [-0.1, -0.05) is 0 Å². The number of halogens is 1. The van der Waals surface area contributed by atoms with E-state index in [1.807, 2.05) is 13.8 Å². The minimum Gasteiger partial charge on any atom is -0.376 e. The van der Waals surface area contributed by atoms with Gasteiger partial charge in [0.2, 0.25) is 0 Å². The third kappa shape index (κ3) is 2.75. The van der Waals surface area contributed by atoms with E-state index in [4.69, 9.17) is 4.74 Å². The Morgan fingerprint density at radius 1 is 1.78 bits per heavy atom. The van der Waals surface area contributed by atoms with E-state index >= 15 is 0 Å². The molecule has 5 nitrogen and oxygen atoms in total. The minimum atomic E-state index is -0.107. The van der Waals surface area contributed by atoms with Crippen LogP contribution in [0.3, 0.4) is 0 Å². The monoisotopic (exact) mass is 315 g/mol. The SMILES string of the molecule is CCn1ncc(Br)c1C(=O)N[C@H](C)[C@H]1CCCO1. The van der Waals surface area contributed by atoms with Gasteiger partial charge in [0, 0.05) is 13.2 Å². The molecule has 0 saturated carbocycles. The van der Waals surface area contributed by atoms with E-state index in [1.54, 1.807) is 10.9 Å². The van der Waals surface area contributed by atoms with Crippen molar-refractivity contribution in [3.05, 3.63) is 16.4 Å². The van der Waals surface area contributed by atoms with E-state index in [1.165, 1.54) is 0 Å². The van der Waals surface area contributed by atoms with Crippen LogP contribution in [0.25, 0.3) is 0 Å². The first-order valence-electron chi connectivity index (χ1n) is 6.27. The number of aromatic nitrogens is 2. The number of aryl methyl sites for hydroxylation is 1. The van der Waals surface area contributed by atoms with Gasteiger partial charge in [0.05, 0.1) is 22.8 Å². The molecule has 1 aliphatic heterocycles. The van der Waals surface area contributed by atoms with Crippen molar-refractivity contribution in [1.29, 1.82) is 0 Å². The van der Waals surface area contributed by atoms with Gasteiger partial charge in [-0.3, -0.25) is 9.48 Å². The van der Waals surface area contributed by atoms with Crippen molar-refractivity contribution in [3.8, 4) is 0 Å². The molecular weight excluding hydrogens is 298 g/mol. The predicted molar refractivity (Wildman–Crippen MR) is 71.5 cm³/mol. The molecule has 0 spiro atoms. The Balaban J connectivity index is 2.04. The highest BCUT2D eigenvalue weighted by Crippen LogP contribution is 2.18. The van der Waals surface area contributed by atoms with Crippen molar-refractivity contribution in [3.63, 3.8) is 0 Å². The first kappa shape index (κ1) is 13.5. The number of carbonyl (C=O) groups excluding carboxylic acids is 1. The Labute approximate surface area is 115 Å². The third-order valence-corrected chi connectivity index (χ3v) is 3.77. The molecule has 2 atom stereocenters. The van der Waals surface area contributed by atoms with Crippen LogP contribution < -0.4 is 5.32 Å². The zero-order chi connectivity index (χ0) is 13.1. The summed E-state index contributed by atoms with van der Waals surface area (Å²) < 4.78 is 7.98. The van der Waals surface area contributed by atoms with Gasteiger partial charge in [-0.25, -0.2) is 0 Å². The van der Waals surface area contributed by atoms with E-state index in [0.717, 1.165) is 23.9 Å². The Morgan fingerprint density at radius 3 is 3.17 bits per heavy atom. The zero-order valence-corrected chi connectivity index (χ0v) is 12.2. The van der Waals surface area contributed by atoms with E-state index in [2.05, 4.69) is 26.3 Å². The molecule has 0 aromatic carbocycles. The number of nitrogens with zero attached hydrogens (tertiary/aromatic N) is 2. The molecule has 1 fully saturated rings. The largest absolute Gasteiger partial charge is 0.376 e. The lowest BCUT2D eigenvalue weighted by atomic mass is 10.1. The van der Waals surface area contributed by atoms with E-state index < -0.39 is 0 Å². The standard InChI is InChI=1S/C12H18BrN3O2/c1-3-16-11(9(13)7-14-16)12(17)15-8(2)10-5-4-6-18-10/h7-8,10H,3-6H2,1-2H3,(H,15,17)/t8-,10-/m1/s1. The summed E-state index contributed by atoms with van der Waals surface area (Å²) >= 11 is 3.36. The highest BCUT2D eigenvalue weighted by Gasteiger charge is 2.25. The summed E-state index contributed by atoms with van der Waals surface area (Å²) in [6.45, 7) is 5.40. The highest BCUT2D eigenvalue weighted by atomic mass is 79.9. The Hall–Kier alpha value is -0.880. The summed E-state index contributed by atoms with van der Waals surface area (Å²) in [5.74, 6) is -0.107. The van der Waals surface area contributed by atoms with Crippen LogP contribution in [0.2, 0.25) is 0 Å². The van der Waals surface area contributed by atoms with Crippen LogP contribution in [0.15, 0.2) is 10.7 Å². The van der Waals surface area contributed by atoms with Gasteiger partial charge in [-0.05, 0) is 42.6 Å². The maximum Gasteiger partial charge on any atom is 0.271 e. The molecular formula is C12H18BrN3O2. The average molecular weight is 316 g/mol. The van der Waals surface area contributed by atoms with Gasteiger partial charge < -0.3 is 10.1 Å². The van der Waals surface area contributed by atoms with Crippen LogP contribution in [0.5, 0.6) is 0 Å². The van der Waals surface area contributed by atoms with Crippen LogP contribution in [-0.2, 0) is 11.3 Å². The molecule has 6 heteroatoms. The fourth-order valence-electron chi connectivity index (χ4n) is 2.19. The molecule has 1 aromatic rings. The van der Waals surface area contributed by atoms with Crippen molar-refractivity contribution in [1.82, 2.24) is 15.1 Å². The number of rotatable bonds is 4. The summed E-state index contributed by atoms with van der Waals surface area (Å²) in [6.07, 6.45) is 3.86. The van der Waals surface area contributed by atoms with Crippen molar-refractivity contribution < 1.29 is 9.53 Å². The van der Waals surface area contributed by atoms with Crippen molar-refractivity contribution in [2.24, 2.45) is 0 Å². The predicted octanol–water partition coefficient (Wildman–Crippen LogP) is 1.96. The number of hydrogen-bond donors (Lipinski definition) is 1. The Bertz CT molecular complexity index is 427. The third-order valence-electron chi connectivity index (χ3n) is 3.19. The number of amides is 1. The van der Waals surface area contributed by atoms with Crippen molar-refractivity contribution in [2.45, 2.75) is 45.4 Å². The molecule has 1 aliphatic rings. The first-order chi connectivity index (χ1) is 8.63. The first-order valence-corrected chi connectivity index (χ1v) is 7.06. The number of nitrogens with one attached hydrogen (secondary N) is 1. The summed E-state index contributed by atoms with van der Waals surface area (Å²) in [7, 11) is 0. The molecule has 1 saturated heterocycles. The molecule has 0 radical (unpaired) electrons. The zero-order valence-electron chi connectivity index (χ0n) is 10.6. The molecule has 100 valence electrons. The maximum absolute atomic E-state index is 12.2. The second kappa shape index (κ2) is 5.84. The molecule has 1 amide bonds. The number of ether oxygens (including phenoxy) is 1. The topological polar surface area (TPSA) is 56.2 Å². The van der Waals surface area contributed by atoms with Crippen LogP contribution in [0.1, 0.15) is 37.2 Å². The van der Waals surface area contributed by atoms with Crippen LogP contribution in [0, 0.1) is 0 Å². The smallest absolute Gasteiger partial charge is 0.271 e. The molecule has 0 bridgehead atoms. The lowest BCUT2D eigenvalue weighted by molar-refractivity contribution is 0.0706. The van der Waals surface area contributed by atoms with Gasteiger partial charge >= 0.3 is 0 Å². The van der Waals surface area contributed by atoms with Crippen LogP contribution in [-0.4, -0.2) is 34.4 Å². The molecule has 0 aliphatic carbocycles. The summed E-state index contributed by atoms with van der Waals surface area (Å²) in [5.41, 5.74) is 0.572. The molecule has 2 heterocycles. The fourth-order valence-corrected chi connectivity index (χ4v) is 2.67. The van der Waals surface area contributed by atoms with Gasteiger partial charge in [0.15, 0.2) is 0 Å². The quantitative estimate of drug-likeness (QED) is 0.924. The van der Waals surface area contributed by atoms with Gasteiger partial charge in [0.25, 0.3) is 5.91 Å². The normalized spacial score (nSPS) is 20.9. The summed E-state index contributed by atoms with van der Waals surface area (Å²) in [4.78, 5) is 12.2. The number of carbonyl (C=O) groups is 1. The van der Waals surface area contributed by atoms with Gasteiger partial charge in [-0.15, -0.1) is 0 Å². The molecule has 2 rings (SSSR count). The summed E-state index contributed by atoms with van der Waals surface area (Å²) in [5, 5.41) is 7.12. The lowest BCUT2D eigenvalue weighted by Gasteiger charge is -2.20.